The SMILES string of the molecule is CCN1CCC[C@H]1CN(CCN(C)C)C(=O)c1cccc(COC)c1. The van der Waals surface area contributed by atoms with Crippen LogP contribution in [0, 0.1) is 0 Å². The minimum atomic E-state index is 0.128. The Morgan fingerprint density at radius 1 is 1.32 bits per heavy atom. The minimum Gasteiger partial charge on any atom is -0.380 e. The molecule has 5 heteroatoms. The van der Waals surface area contributed by atoms with Crippen molar-refractivity contribution in [1.82, 2.24) is 14.7 Å². The second-order valence-corrected chi connectivity index (χ2v) is 7.11. The van der Waals surface area contributed by atoms with Crippen LogP contribution in [0.4, 0.5) is 0 Å². The Bertz CT molecular complexity index is 547. The standard InChI is InChI=1S/C20H33N3O2/c1-5-22-11-7-10-19(22)15-23(13-12-21(2)3)20(24)18-9-6-8-17(14-18)16-25-4/h6,8-9,14,19H,5,7,10-13,15-16H2,1-4H3/t19-/m0/s1. The number of likely N-dealkylation sites (N-methyl/N-ethyl adjacent to an activating group) is 2. The van der Waals surface area contributed by atoms with Gasteiger partial charge in [-0.3, -0.25) is 9.69 Å². The highest BCUT2D eigenvalue weighted by molar-refractivity contribution is 5.94. The van der Waals surface area contributed by atoms with Gasteiger partial charge < -0.3 is 14.5 Å². The molecular weight excluding hydrogens is 314 g/mol. The van der Waals surface area contributed by atoms with Crippen molar-refractivity contribution in [2.45, 2.75) is 32.4 Å². The zero-order valence-corrected chi connectivity index (χ0v) is 16.2. The van der Waals surface area contributed by atoms with E-state index in [-0.39, 0.29) is 5.91 Å². The normalized spacial score (nSPS) is 18.0. The molecule has 1 fully saturated rings. The average Bonchev–Trinajstić information content (AvgIpc) is 3.05. The van der Waals surface area contributed by atoms with Gasteiger partial charge in [-0.2, -0.15) is 0 Å². The zero-order valence-electron chi connectivity index (χ0n) is 16.2. The molecular formula is C20H33N3O2. The molecule has 1 aliphatic heterocycles. The Hall–Kier alpha value is -1.43. The van der Waals surface area contributed by atoms with Crippen molar-refractivity contribution in [2.75, 3.05) is 53.9 Å². The molecule has 1 aromatic rings. The summed E-state index contributed by atoms with van der Waals surface area (Å²) in [5, 5.41) is 0. The monoisotopic (exact) mass is 347 g/mol. The molecule has 1 atom stereocenters. The third-order valence-corrected chi connectivity index (χ3v) is 4.93. The highest BCUT2D eigenvalue weighted by Crippen LogP contribution is 2.19. The number of methoxy groups -OCH3 is 1. The number of rotatable bonds is 9. The third-order valence-electron chi connectivity index (χ3n) is 4.93. The quantitative estimate of drug-likeness (QED) is 0.687. The second kappa shape index (κ2) is 9.90. The molecule has 0 saturated carbocycles. The number of benzene rings is 1. The smallest absolute Gasteiger partial charge is 0.253 e. The van der Waals surface area contributed by atoms with Crippen LogP contribution in [0.15, 0.2) is 24.3 Å². The van der Waals surface area contributed by atoms with E-state index >= 15 is 0 Å². The molecule has 1 aromatic carbocycles. The lowest BCUT2D eigenvalue weighted by Crippen LogP contribution is -2.45. The molecule has 1 amide bonds. The van der Waals surface area contributed by atoms with Crippen molar-refractivity contribution < 1.29 is 9.53 Å². The number of carbonyl (C=O) groups is 1. The summed E-state index contributed by atoms with van der Waals surface area (Å²) >= 11 is 0. The Kier molecular flexibility index (Phi) is 7.88. The van der Waals surface area contributed by atoms with Gasteiger partial charge in [-0.15, -0.1) is 0 Å². The van der Waals surface area contributed by atoms with Crippen LogP contribution in [0.1, 0.15) is 35.7 Å². The maximum Gasteiger partial charge on any atom is 0.253 e. The first-order valence-electron chi connectivity index (χ1n) is 9.31. The topological polar surface area (TPSA) is 36.0 Å². The van der Waals surface area contributed by atoms with Gasteiger partial charge in [0.25, 0.3) is 5.91 Å². The number of nitrogens with zero attached hydrogens (tertiary/aromatic N) is 3. The number of carbonyl (C=O) groups excluding carboxylic acids is 1. The van der Waals surface area contributed by atoms with E-state index in [1.54, 1.807) is 7.11 Å². The Labute approximate surface area is 152 Å². The molecule has 0 spiro atoms. The fourth-order valence-electron chi connectivity index (χ4n) is 3.51. The number of ether oxygens (including phenoxy) is 1. The number of likely N-dealkylation sites (tertiary alicyclic amines) is 1. The van der Waals surface area contributed by atoms with E-state index in [4.69, 9.17) is 4.74 Å². The summed E-state index contributed by atoms with van der Waals surface area (Å²) in [5.74, 6) is 0.128. The number of hydrogen-bond acceptors (Lipinski definition) is 4. The lowest BCUT2D eigenvalue weighted by molar-refractivity contribution is 0.0694. The molecule has 5 nitrogen and oxygen atoms in total. The molecule has 0 N–H and O–H groups in total. The van der Waals surface area contributed by atoms with Crippen LogP contribution < -0.4 is 0 Å². The van der Waals surface area contributed by atoms with E-state index < -0.39 is 0 Å². The summed E-state index contributed by atoms with van der Waals surface area (Å²) in [5.41, 5.74) is 1.80. The largest absolute Gasteiger partial charge is 0.380 e. The highest BCUT2D eigenvalue weighted by atomic mass is 16.5. The van der Waals surface area contributed by atoms with E-state index in [0.717, 1.165) is 43.9 Å². The molecule has 0 aromatic heterocycles. The maximum absolute atomic E-state index is 13.1. The van der Waals surface area contributed by atoms with E-state index in [0.29, 0.717) is 12.6 Å². The van der Waals surface area contributed by atoms with Gasteiger partial charge in [0.15, 0.2) is 0 Å². The van der Waals surface area contributed by atoms with Gasteiger partial charge >= 0.3 is 0 Å². The van der Waals surface area contributed by atoms with Crippen molar-refractivity contribution in [3.8, 4) is 0 Å². The molecule has 0 bridgehead atoms. The average molecular weight is 348 g/mol. The fraction of sp³-hybridized carbons (Fsp3) is 0.650. The molecule has 0 unspecified atom stereocenters. The first-order valence-corrected chi connectivity index (χ1v) is 9.31. The summed E-state index contributed by atoms with van der Waals surface area (Å²) in [6.45, 7) is 7.40. The summed E-state index contributed by atoms with van der Waals surface area (Å²) < 4.78 is 5.20. The summed E-state index contributed by atoms with van der Waals surface area (Å²) in [6.07, 6.45) is 2.42. The van der Waals surface area contributed by atoms with Crippen molar-refractivity contribution in [3.05, 3.63) is 35.4 Å². The summed E-state index contributed by atoms with van der Waals surface area (Å²) in [6, 6.07) is 8.30. The molecule has 140 valence electrons. The number of hydrogen-bond donors (Lipinski definition) is 0. The molecule has 1 saturated heterocycles. The van der Waals surface area contributed by atoms with Crippen LogP contribution in [-0.4, -0.2) is 80.6 Å². The first-order chi connectivity index (χ1) is 12.0. The molecule has 0 aliphatic carbocycles. The van der Waals surface area contributed by atoms with Gasteiger partial charge in [-0.25, -0.2) is 0 Å². The molecule has 25 heavy (non-hydrogen) atoms. The molecule has 2 rings (SSSR count). The molecule has 0 radical (unpaired) electrons. The highest BCUT2D eigenvalue weighted by Gasteiger charge is 2.27. The third kappa shape index (κ3) is 5.80. The van der Waals surface area contributed by atoms with Gasteiger partial charge in [0.2, 0.25) is 0 Å². The second-order valence-electron chi connectivity index (χ2n) is 7.11. The Morgan fingerprint density at radius 3 is 2.80 bits per heavy atom. The van der Waals surface area contributed by atoms with Gasteiger partial charge in [0.05, 0.1) is 6.61 Å². The van der Waals surface area contributed by atoms with Crippen LogP contribution in [-0.2, 0) is 11.3 Å². The summed E-state index contributed by atoms with van der Waals surface area (Å²) in [4.78, 5) is 19.8. The van der Waals surface area contributed by atoms with Crippen molar-refractivity contribution in [1.29, 1.82) is 0 Å². The Balaban J connectivity index is 2.12. The van der Waals surface area contributed by atoms with Crippen LogP contribution in [0.5, 0.6) is 0 Å². The van der Waals surface area contributed by atoms with E-state index in [1.807, 2.05) is 29.2 Å². The molecule has 1 aliphatic rings. The van der Waals surface area contributed by atoms with Crippen LogP contribution in [0.2, 0.25) is 0 Å². The van der Waals surface area contributed by atoms with E-state index in [2.05, 4.69) is 30.8 Å². The van der Waals surface area contributed by atoms with Gasteiger partial charge in [-0.1, -0.05) is 19.1 Å². The lowest BCUT2D eigenvalue weighted by Gasteiger charge is -2.31. The van der Waals surface area contributed by atoms with Crippen molar-refractivity contribution in [3.63, 3.8) is 0 Å². The Morgan fingerprint density at radius 2 is 2.12 bits per heavy atom. The van der Waals surface area contributed by atoms with Crippen LogP contribution in [0.3, 0.4) is 0 Å². The zero-order chi connectivity index (χ0) is 18.2. The van der Waals surface area contributed by atoms with Crippen molar-refractivity contribution >= 4 is 5.91 Å². The van der Waals surface area contributed by atoms with E-state index in [1.165, 1.54) is 12.8 Å². The molecule has 1 heterocycles. The predicted molar refractivity (Wildman–Crippen MR) is 102 cm³/mol. The van der Waals surface area contributed by atoms with E-state index in [9.17, 15) is 4.79 Å². The number of amides is 1. The van der Waals surface area contributed by atoms with Crippen LogP contribution >= 0.6 is 0 Å². The predicted octanol–water partition coefficient (Wildman–Crippen LogP) is 2.32. The van der Waals surface area contributed by atoms with Gasteiger partial charge in [0, 0.05) is 38.3 Å². The minimum absolute atomic E-state index is 0.128. The van der Waals surface area contributed by atoms with Gasteiger partial charge in [0.1, 0.15) is 0 Å². The first kappa shape index (κ1) is 19.9. The van der Waals surface area contributed by atoms with Crippen molar-refractivity contribution in [2.24, 2.45) is 0 Å². The fourth-order valence-corrected chi connectivity index (χ4v) is 3.51. The van der Waals surface area contributed by atoms with Crippen LogP contribution in [0.25, 0.3) is 0 Å². The maximum atomic E-state index is 13.1. The lowest BCUT2D eigenvalue weighted by atomic mass is 10.1. The van der Waals surface area contributed by atoms with Gasteiger partial charge in [-0.05, 0) is 57.7 Å². The summed E-state index contributed by atoms with van der Waals surface area (Å²) in [7, 11) is 5.78.